The van der Waals surface area contributed by atoms with Gasteiger partial charge >= 0.3 is 0 Å². The van der Waals surface area contributed by atoms with E-state index in [-0.39, 0.29) is 0 Å². The van der Waals surface area contributed by atoms with Crippen LogP contribution in [0.4, 0.5) is 0 Å². The Hall–Kier alpha value is -3.00. The molecular weight excluding hydrogens is 352 g/mol. The number of ether oxygens (including phenoxy) is 1. The van der Waals surface area contributed by atoms with Crippen molar-refractivity contribution in [2.75, 3.05) is 13.7 Å². The van der Waals surface area contributed by atoms with E-state index in [1.165, 1.54) is 21.9 Å². The van der Waals surface area contributed by atoms with Gasteiger partial charge in [-0.2, -0.15) is 0 Å². The molecule has 0 radical (unpaired) electrons. The van der Waals surface area contributed by atoms with Crippen molar-refractivity contribution in [1.29, 1.82) is 0 Å². The van der Waals surface area contributed by atoms with Gasteiger partial charge < -0.3 is 4.74 Å². The van der Waals surface area contributed by atoms with Crippen LogP contribution in [-0.2, 0) is 11.2 Å². The molecule has 0 aliphatic rings. The molecule has 3 aromatic rings. The molecule has 0 aromatic heterocycles. The minimum absolute atomic E-state index is 0.812. The number of hydrogen-bond donors (Lipinski definition) is 0. The molecule has 29 heavy (non-hydrogen) atoms. The molecule has 0 unspecified atom stereocenters. The molecule has 0 heterocycles. The third-order valence-corrected chi connectivity index (χ3v) is 4.96. The van der Waals surface area contributed by atoms with Crippen molar-refractivity contribution in [3.8, 4) is 23.7 Å². The van der Waals surface area contributed by atoms with Crippen molar-refractivity contribution in [3.63, 3.8) is 0 Å². The number of hydrogen-bond acceptors (Lipinski definition) is 1. The van der Waals surface area contributed by atoms with E-state index in [9.17, 15) is 0 Å². The molecule has 0 saturated carbocycles. The van der Waals surface area contributed by atoms with Gasteiger partial charge in [0.05, 0.1) is 0 Å². The fourth-order valence-electron chi connectivity index (χ4n) is 3.30. The van der Waals surface area contributed by atoms with E-state index in [2.05, 4.69) is 92.1 Å². The van der Waals surface area contributed by atoms with Crippen LogP contribution in [0.1, 0.15) is 54.0 Å². The summed E-state index contributed by atoms with van der Waals surface area (Å²) in [6, 6.07) is 19.3. The van der Waals surface area contributed by atoms with E-state index in [1.807, 2.05) is 0 Å². The van der Waals surface area contributed by atoms with Crippen molar-refractivity contribution < 1.29 is 4.74 Å². The molecule has 1 heteroatoms. The van der Waals surface area contributed by atoms with Crippen molar-refractivity contribution >= 4 is 10.8 Å². The number of benzene rings is 3. The summed E-state index contributed by atoms with van der Waals surface area (Å²) in [6.45, 7) is 5.11. The lowest BCUT2D eigenvalue weighted by Gasteiger charge is -2.03. The first-order valence-corrected chi connectivity index (χ1v) is 10.3. The van der Waals surface area contributed by atoms with Gasteiger partial charge in [0.15, 0.2) is 0 Å². The lowest BCUT2D eigenvalue weighted by Crippen LogP contribution is -1.88. The molecule has 1 nitrogen and oxygen atoms in total. The Morgan fingerprint density at radius 1 is 0.793 bits per heavy atom. The van der Waals surface area contributed by atoms with Crippen molar-refractivity contribution in [1.82, 2.24) is 0 Å². The van der Waals surface area contributed by atoms with Crippen LogP contribution < -0.4 is 0 Å². The molecule has 0 saturated heterocycles. The summed E-state index contributed by atoms with van der Waals surface area (Å²) in [5.74, 6) is 13.2. The minimum atomic E-state index is 0.812. The first-order chi connectivity index (χ1) is 14.2. The molecule has 146 valence electrons. The number of fused-ring (bicyclic) bond motifs is 1. The second kappa shape index (κ2) is 10.5. The van der Waals surface area contributed by atoms with Crippen molar-refractivity contribution in [2.45, 2.75) is 39.5 Å². The summed E-state index contributed by atoms with van der Waals surface area (Å²) < 4.78 is 5.07. The molecule has 0 amide bonds. The summed E-state index contributed by atoms with van der Waals surface area (Å²) in [7, 11) is 1.74. The van der Waals surface area contributed by atoms with E-state index in [0.717, 1.165) is 49.0 Å². The fourth-order valence-corrected chi connectivity index (χ4v) is 3.30. The summed E-state index contributed by atoms with van der Waals surface area (Å²) in [4.78, 5) is 0. The van der Waals surface area contributed by atoms with E-state index >= 15 is 0 Å². The molecule has 0 bridgehead atoms. The highest BCUT2D eigenvalue weighted by Crippen LogP contribution is 2.18. The van der Waals surface area contributed by atoms with Crippen LogP contribution in [-0.4, -0.2) is 13.7 Å². The maximum absolute atomic E-state index is 5.07. The van der Waals surface area contributed by atoms with Crippen LogP contribution in [0.5, 0.6) is 0 Å². The van der Waals surface area contributed by atoms with Gasteiger partial charge in [-0.15, -0.1) is 0 Å². The molecule has 0 fully saturated rings. The molecule has 0 spiro atoms. The average molecular weight is 381 g/mol. The maximum atomic E-state index is 5.07. The lowest BCUT2D eigenvalue weighted by molar-refractivity contribution is 0.193. The van der Waals surface area contributed by atoms with Gasteiger partial charge in [0.1, 0.15) is 0 Å². The molecular formula is C28H28O. The largest absolute Gasteiger partial charge is 0.385 e. The van der Waals surface area contributed by atoms with E-state index in [0.29, 0.717) is 0 Å². The predicted octanol–water partition coefficient (Wildman–Crippen LogP) is 6.28. The molecule has 0 atom stereocenters. The first kappa shape index (κ1) is 20.7. The summed E-state index contributed by atoms with van der Waals surface area (Å²) in [5.41, 5.74) is 5.82. The van der Waals surface area contributed by atoms with Crippen LogP contribution in [0, 0.1) is 30.6 Å². The fraction of sp³-hybridized carbons (Fsp3) is 0.286. The number of aryl methyl sites for hydroxylation is 2. The van der Waals surface area contributed by atoms with Crippen molar-refractivity contribution in [2.24, 2.45) is 0 Å². The van der Waals surface area contributed by atoms with Gasteiger partial charge in [-0.25, -0.2) is 0 Å². The Bertz CT molecular complexity index is 1100. The Balaban J connectivity index is 1.74. The molecule has 3 aromatic carbocycles. The Morgan fingerprint density at radius 3 is 2.21 bits per heavy atom. The van der Waals surface area contributed by atoms with Crippen LogP contribution in [0.25, 0.3) is 10.8 Å². The van der Waals surface area contributed by atoms with Crippen LogP contribution in [0.15, 0.2) is 54.6 Å². The van der Waals surface area contributed by atoms with Gasteiger partial charge in [0.25, 0.3) is 0 Å². The third-order valence-electron chi connectivity index (χ3n) is 4.96. The number of unbranched alkanes of at least 4 members (excludes halogenated alkanes) is 2. The summed E-state index contributed by atoms with van der Waals surface area (Å²) >= 11 is 0. The Labute approximate surface area is 175 Å². The first-order valence-electron chi connectivity index (χ1n) is 10.3. The highest BCUT2D eigenvalue weighted by atomic mass is 16.5. The van der Waals surface area contributed by atoms with Gasteiger partial charge in [-0.05, 0) is 72.9 Å². The minimum Gasteiger partial charge on any atom is -0.385 e. The zero-order valence-electron chi connectivity index (χ0n) is 17.6. The van der Waals surface area contributed by atoms with E-state index < -0.39 is 0 Å². The van der Waals surface area contributed by atoms with Gasteiger partial charge in [-0.1, -0.05) is 60.4 Å². The van der Waals surface area contributed by atoms with Crippen LogP contribution in [0.2, 0.25) is 0 Å². The Morgan fingerprint density at radius 2 is 1.52 bits per heavy atom. The summed E-state index contributed by atoms with van der Waals surface area (Å²) in [6.07, 6.45) is 4.06. The number of rotatable bonds is 5. The molecule has 0 N–H and O–H groups in total. The highest BCUT2D eigenvalue weighted by molar-refractivity contribution is 5.85. The Kier molecular flexibility index (Phi) is 7.52. The predicted molar refractivity (Wildman–Crippen MR) is 123 cm³/mol. The van der Waals surface area contributed by atoms with Crippen LogP contribution in [0.3, 0.4) is 0 Å². The van der Waals surface area contributed by atoms with Gasteiger partial charge in [-0.3, -0.25) is 0 Å². The average Bonchev–Trinajstić information content (AvgIpc) is 2.75. The zero-order valence-corrected chi connectivity index (χ0v) is 17.6. The molecule has 3 rings (SSSR count). The smallest absolute Gasteiger partial charge is 0.0462 e. The zero-order chi connectivity index (χ0) is 20.5. The molecule has 0 aliphatic carbocycles. The van der Waals surface area contributed by atoms with Crippen molar-refractivity contribution in [3.05, 3.63) is 82.4 Å². The van der Waals surface area contributed by atoms with E-state index in [4.69, 9.17) is 4.74 Å². The standard InChI is InChI=1S/C28H28O/c1-4-25-19-22(2)10-14-26(25)15-11-24-13-17-27-20-23(12-16-28(27)21-24)9-7-5-6-8-18-29-3/h10,12-14,16-17,19-21H,4-6,8,18H2,1-3H3. The molecule has 0 aliphatic heterocycles. The summed E-state index contributed by atoms with van der Waals surface area (Å²) in [5, 5.41) is 2.40. The number of methoxy groups -OCH3 is 1. The second-order valence-electron chi connectivity index (χ2n) is 7.29. The normalized spacial score (nSPS) is 10.2. The quantitative estimate of drug-likeness (QED) is 0.374. The van der Waals surface area contributed by atoms with Gasteiger partial charge in [0.2, 0.25) is 0 Å². The van der Waals surface area contributed by atoms with Crippen LogP contribution >= 0.6 is 0 Å². The SMILES string of the molecule is CCc1cc(C)ccc1C#Cc1ccc2cc(C#CCCCCOC)ccc2c1. The highest BCUT2D eigenvalue weighted by Gasteiger charge is 1.99. The lowest BCUT2D eigenvalue weighted by atomic mass is 10.0. The monoisotopic (exact) mass is 380 g/mol. The second-order valence-corrected chi connectivity index (χ2v) is 7.29. The third kappa shape index (κ3) is 5.99. The van der Waals surface area contributed by atoms with E-state index in [1.54, 1.807) is 7.11 Å². The van der Waals surface area contributed by atoms with Gasteiger partial charge in [0, 0.05) is 36.8 Å². The maximum Gasteiger partial charge on any atom is 0.0462 e. The topological polar surface area (TPSA) is 9.23 Å².